The summed E-state index contributed by atoms with van der Waals surface area (Å²) in [6, 6.07) is 6.22. The predicted octanol–water partition coefficient (Wildman–Crippen LogP) is 2.08. The van der Waals surface area contributed by atoms with Crippen molar-refractivity contribution in [3.63, 3.8) is 0 Å². The summed E-state index contributed by atoms with van der Waals surface area (Å²) >= 11 is 0. The van der Waals surface area contributed by atoms with Gasteiger partial charge < -0.3 is 4.74 Å². The van der Waals surface area contributed by atoms with E-state index in [9.17, 15) is 10.0 Å². The van der Waals surface area contributed by atoms with E-state index in [4.69, 9.17) is 4.74 Å². The Labute approximate surface area is 115 Å². The van der Waals surface area contributed by atoms with Gasteiger partial charge in [-0.25, -0.2) is 9.86 Å². The summed E-state index contributed by atoms with van der Waals surface area (Å²) in [6.07, 6.45) is 3.08. The van der Waals surface area contributed by atoms with E-state index < -0.39 is 12.0 Å². The van der Waals surface area contributed by atoms with Crippen LogP contribution in [0.2, 0.25) is 0 Å². The molecular weight excluding hydrogens is 258 g/mol. The first kappa shape index (κ1) is 12.6. The van der Waals surface area contributed by atoms with E-state index in [1.807, 2.05) is 6.07 Å². The molecule has 0 aliphatic carbocycles. The second-order valence-electron chi connectivity index (χ2n) is 4.32. The average Bonchev–Trinajstić information content (AvgIpc) is 2.47. The van der Waals surface area contributed by atoms with Gasteiger partial charge in [-0.2, -0.15) is 0 Å². The Hall–Kier alpha value is -2.47. The summed E-state index contributed by atoms with van der Waals surface area (Å²) in [5.74, 6) is -0.532. The fraction of sp³-hybridized carbons (Fsp3) is 0.214. The molecule has 1 aromatic heterocycles. The first-order valence-corrected chi connectivity index (χ1v) is 6.29. The van der Waals surface area contributed by atoms with Gasteiger partial charge in [0, 0.05) is 17.8 Å². The Balaban J connectivity index is 2.07. The molecule has 2 aromatic rings. The van der Waals surface area contributed by atoms with E-state index >= 15 is 0 Å². The van der Waals surface area contributed by atoms with E-state index in [1.165, 1.54) is 6.21 Å². The Kier molecular flexibility index (Phi) is 3.08. The van der Waals surface area contributed by atoms with Gasteiger partial charge in [0.25, 0.3) is 0 Å². The third-order valence-corrected chi connectivity index (χ3v) is 3.12. The van der Waals surface area contributed by atoms with Gasteiger partial charge in [-0.1, -0.05) is 0 Å². The van der Waals surface area contributed by atoms with Crippen LogP contribution in [0.1, 0.15) is 6.92 Å². The number of nitrogens with zero attached hydrogens (tertiary/aromatic N) is 3. The number of carbonyl (C=O) groups excluding carboxylic acids is 1. The number of aliphatic imine (C=N–C) groups is 1. The molecule has 1 aliphatic rings. The van der Waals surface area contributed by atoms with Crippen LogP contribution in [-0.4, -0.2) is 35.0 Å². The van der Waals surface area contributed by atoms with E-state index in [-0.39, 0.29) is 6.61 Å². The van der Waals surface area contributed by atoms with Crippen molar-refractivity contribution < 1.29 is 14.7 Å². The van der Waals surface area contributed by atoms with Gasteiger partial charge >= 0.3 is 5.97 Å². The van der Waals surface area contributed by atoms with Crippen molar-refractivity contribution in [1.82, 2.24) is 4.98 Å². The molecule has 6 heteroatoms. The van der Waals surface area contributed by atoms with Crippen molar-refractivity contribution in [3.05, 3.63) is 30.5 Å². The van der Waals surface area contributed by atoms with Crippen LogP contribution >= 0.6 is 0 Å². The molecule has 0 spiro atoms. The molecule has 1 atom stereocenters. The second kappa shape index (κ2) is 4.90. The lowest BCUT2D eigenvalue weighted by Crippen LogP contribution is -2.43. The summed E-state index contributed by atoms with van der Waals surface area (Å²) in [4.78, 5) is 20.3. The van der Waals surface area contributed by atoms with Crippen LogP contribution in [0.4, 0.5) is 11.4 Å². The molecule has 6 nitrogen and oxygen atoms in total. The summed E-state index contributed by atoms with van der Waals surface area (Å²) in [5.41, 5.74) is 1.84. The summed E-state index contributed by atoms with van der Waals surface area (Å²) in [5, 5.41) is 11.9. The molecule has 3 rings (SSSR count). The highest BCUT2D eigenvalue weighted by atomic mass is 16.6. The van der Waals surface area contributed by atoms with Gasteiger partial charge in [0.2, 0.25) is 0 Å². The number of carbonyl (C=O) groups is 1. The van der Waals surface area contributed by atoms with Gasteiger partial charge in [0.05, 0.1) is 23.5 Å². The van der Waals surface area contributed by atoms with Crippen LogP contribution in [0.5, 0.6) is 0 Å². The normalized spacial score (nSPS) is 17.1. The maximum Gasteiger partial charge on any atom is 0.337 e. The predicted molar refractivity (Wildman–Crippen MR) is 74.6 cm³/mol. The Bertz CT molecular complexity index is 699. The molecule has 20 heavy (non-hydrogen) atoms. The van der Waals surface area contributed by atoms with Gasteiger partial charge in [-0.15, -0.1) is 0 Å². The molecule has 2 heterocycles. The van der Waals surface area contributed by atoms with E-state index in [0.29, 0.717) is 11.4 Å². The van der Waals surface area contributed by atoms with Crippen molar-refractivity contribution in [1.29, 1.82) is 0 Å². The molecule has 1 N–H and O–H groups in total. The molecular formula is C14H13N3O3. The Morgan fingerprint density at radius 1 is 1.45 bits per heavy atom. The fourth-order valence-corrected chi connectivity index (χ4v) is 2.19. The zero-order chi connectivity index (χ0) is 14.1. The SMILES string of the molecule is CCOC(=O)C1C=Nc2c(ccc3ncccc23)N1O. The van der Waals surface area contributed by atoms with Crippen LogP contribution in [0.15, 0.2) is 35.5 Å². The van der Waals surface area contributed by atoms with Crippen molar-refractivity contribution in [2.45, 2.75) is 13.0 Å². The number of anilines is 1. The standard InChI is InChI=1S/C14H13N3O3/c1-2-20-14(18)12-8-16-13-9-4-3-7-15-10(9)5-6-11(13)17(12)19/h3-8,12,19H,2H2,1H3. The first-order valence-electron chi connectivity index (χ1n) is 6.29. The minimum absolute atomic E-state index is 0.255. The van der Waals surface area contributed by atoms with Crippen molar-refractivity contribution in [3.8, 4) is 0 Å². The number of ether oxygens (including phenoxy) is 1. The van der Waals surface area contributed by atoms with E-state index in [1.54, 1.807) is 31.3 Å². The lowest BCUT2D eigenvalue weighted by Gasteiger charge is -2.27. The molecule has 0 saturated carbocycles. The maximum atomic E-state index is 11.8. The largest absolute Gasteiger partial charge is 0.464 e. The molecule has 0 radical (unpaired) electrons. The zero-order valence-corrected chi connectivity index (χ0v) is 10.9. The Morgan fingerprint density at radius 2 is 2.30 bits per heavy atom. The van der Waals surface area contributed by atoms with Gasteiger partial charge in [-0.05, 0) is 31.2 Å². The number of rotatable bonds is 2. The number of benzene rings is 1. The van der Waals surface area contributed by atoms with E-state index in [0.717, 1.165) is 16.0 Å². The molecule has 1 aromatic carbocycles. The topological polar surface area (TPSA) is 75.0 Å². The third kappa shape index (κ3) is 1.90. The Morgan fingerprint density at radius 3 is 3.10 bits per heavy atom. The monoisotopic (exact) mass is 271 g/mol. The molecule has 0 saturated heterocycles. The lowest BCUT2D eigenvalue weighted by atomic mass is 10.1. The molecule has 0 fully saturated rings. The maximum absolute atomic E-state index is 11.8. The van der Waals surface area contributed by atoms with Crippen LogP contribution < -0.4 is 5.06 Å². The number of hydrogen-bond donors (Lipinski definition) is 1. The van der Waals surface area contributed by atoms with Crippen LogP contribution in [0, 0.1) is 0 Å². The van der Waals surface area contributed by atoms with Crippen LogP contribution in [0.25, 0.3) is 10.9 Å². The molecule has 0 amide bonds. The number of aromatic nitrogens is 1. The highest BCUT2D eigenvalue weighted by Gasteiger charge is 2.30. The van der Waals surface area contributed by atoms with Crippen molar-refractivity contribution in [2.24, 2.45) is 4.99 Å². The smallest absolute Gasteiger partial charge is 0.337 e. The number of pyridine rings is 1. The molecule has 1 unspecified atom stereocenters. The minimum atomic E-state index is -0.920. The quantitative estimate of drug-likeness (QED) is 0.846. The van der Waals surface area contributed by atoms with Crippen molar-refractivity contribution in [2.75, 3.05) is 11.7 Å². The highest BCUT2D eigenvalue weighted by Crippen LogP contribution is 2.37. The van der Waals surface area contributed by atoms with E-state index in [2.05, 4.69) is 9.98 Å². The van der Waals surface area contributed by atoms with Crippen molar-refractivity contribution >= 4 is 34.5 Å². The van der Waals surface area contributed by atoms with Crippen LogP contribution in [-0.2, 0) is 9.53 Å². The number of hydroxylamine groups is 1. The summed E-state index contributed by atoms with van der Waals surface area (Å²) < 4.78 is 4.91. The van der Waals surface area contributed by atoms with Crippen LogP contribution in [0.3, 0.4) is 0 Å². The number of hydrogen-bond acceptors (Lipinski definition) is 6. The average molecular weight is 271 g/mol. The van der Waals surface area contributed by atoms with Gasteiger partial charge in [0.1, 0.15) is 0 Å². The minimum Gasteiger partial charge on any atom is -0.464 e. The first-order chi connectivity index (χ1) is 9.72. The number of fused-ring (bicyclic) bond motifs is 3. The van der Waals surface area contributed by atoms with Gasteiger partial charge in [0.15, 0.2) is 6.04 Å². The highest BCUT2D eigenvalue weighted by molar-refractivity contribution is 6.06. The fourth-order valence-electron chi connectivity index (χ4n) is 2.19. The summed E-state index contributed by atoms with van der Waals surface area (Å²) in [7, 11) is 0. The molecule has 102 valence electrons. The lowest BCUT2D eigenvalue weighted by molar-refractivity contribution is -0.144. The van der Waals surface area contributed by atoms with Gasteiger partial charge in [-0.3, -0.25) is 15.2 Å². The molecule has 1 aliphatic heterocycles. The zero-order valence-electron chi connectivity index (χ0n) is 10.9. The number of esters is 1. The summed E-state index contributed by atoms with van der Waals surface area (Å²) in [6.45, 7) is 1.97. The second-order valence-corrected chi connectivity index (χ2v) is 4.32. The third-order valence-electron chi connectivity index (χ3n) is 3.12. The molecule has 0 bridgehead atoms.